The fourth-order valence-electron chi connectivity index (χ4n) is 3.64. The number of nitrogens with two attached hydrogens (primary N) is 1. The number of amides is 1. The molecule has 0 aromatic heterocycles. The lowest BCUT2D eigenvalue weighted by Crippen LogP contribution is -2.35. The molecule has 1 saturated carbocycles. The van der Waals surface area contributed by atoms with Gasteiger partial charge >= 0.3 is 6.61 Å². The van der Waals surface area contributed by atoms with Gasteiger partial charge in [0.15, 0.2) is 0 Å². The van der Waals surface area contributed by atoms with Crippen LogP contribution >= 0.6 is 0 Å². The van der Waals surface area contributed by atoms with Gasteiger partial charge in [-0.1, -0.05) is 18.2 Å². The predicted octanol–water partition coefficient (Wildman–Crippen LogP) is 2.59. The molecule has 4 atom stereocenters. The number of alkyl halides is 2. The van der Waals surface area contributed by atoms with Crippen molar-refractivity contribution in [2.75, 3.05) is 13.1 Å². The Morgan fingerprint density at radius 3 is 2.78 bits per heavy atom. The Hall–Kier alpha value is -1.69. The van der Waals surface area contributed by atoms with Crippen LogP contribution in [0, 0.1) is 11.8 Å². The highest BCUT2D eigenvalue weighted by atomic mass is 19.3. The van der Waals surface area contributed by atoms with Crippen molar-refractivity contribution in [1.29, 1.82) is 0 Å². The van der Waals surface area contributed by atoms with Gasteiger partial charge in [-0.25, -0.2) is 0 Å². The molecule has 3 rings (SSSR count). The van der Waals surface area contributed by atoms with Gasteiger partial charge in [-0.3, -0.25) is 4.79 Å². The molecule has 0 bridgehead atoms. The van der Waals surface area contributed by atoms with Gasteiger partial charge in [0, 0.05) is 18.5 Å². The van der Waals surface area contributed by atoms with Gasteiger partial charge in [0.25, 0.3) is 0 Å². The van der Waals surface area contributed by atoms with Crippen LogP contribution in [0.1, 0.15) is 31.2 Å². The van der Waals surface area contributed by atoms with Crippen molar-refractivity contribution < 1.29 is 18.3 Å². The first-order valence-corrected chi connectivity index (χ1v) is 8.05. The van der Waals surface area contributed by atoms with Crippen LogP contribution < -0.4 is 10.5 Å². The molecular formula is C17H22F2N2O2. The van der Waals surface area contributed by atoms with E-state index in [-0.39, 0.29) is 29.5 Å². The van der Waals surface area contributed by atoms with E-state index < -0.39 is 6.61 Å². The average molecular weight is 324 g/mol. The van der Waals surface area contributed by atoms with Gasteiger partial charge in [0.2, 0.25) is 5.91 Å². The van der Waals surface area contributed by atoms with Crippen molar-refractivity contribution in [3.63, 3.8) is 0 Å². The van der Waals surface area contributed by atoms with Crippen LogP contribution in [-0.2, 0) is 4.79 Å². The summed E-state index contributed by atoms with van der Waals surface area (Å²) in [5, 5.41) is 0. The number of hydrogen-bond acceptors (Lipinski definition) is 3. The Labute approximate surface area is 134 Å². The molecule has 1 aliphatic carbocycles. The van der Waals surface area contributed by atoms with Gasteiger partial charge in [0.1, 0.15) is 5.75 Å². The Balaban J connectivity index is 1.69. The third-order valence-electron chi connectivity index (χ3n) is 4.92. The summed E-state index contributed by atoms with van der Waals surface area (Å²) < 4.78 is 29.6. The van der Waals surface area contributed by atoms with E-state index in [4.69, 9.17) is 5.73 Å². The highest BCUT2D eigenvalue weighted by Gasteiger charge is 2.49. The topological polar surface area (TPSA) is 55.6 Å². The minimum atomic E-state index is -2.85. The Bertz CT molecular complexity index is 581. The largest absolute Gasteiger partial charge is 0.435 e. The molecule has 1 saturated heterocycles. The van der Waals surface area contributed by atoms with Crippen LogP contribution in [0.2, 0.25) is 0 Å². The lowest BCUT2D eigenvalue weighted by molar-refractivity contribution is -0.133. The zero-order valence-electron chi connectivity index (χ0n) is 13.1. The lowest BCUT2D eigenvalue weighted by Gasteiger charge is -2.22. The molecule has 2 N–H and O–H groups in total. The maximum atomic E-state index is 12.7. The van der Waals surface area contributed by atoms with Crippen molar-refractivity contribution in [3.8, 4) is 5.75 Å². The molecule has 23 heavy (non-hydrogen) atoms. The normalized spacial score (nSPS) is 29.9. The fraction of sp³-hybridized carbons (Fsp3) is 0.588. The summed E-state index contributed by atoms with van der Waals surface area (Å²) in [6.07, 6.45) is 1.63. The van der Waals surface area contributed by atoms with E-state index in [1.807, 2.05) is 11.8 Å². The minimum absolute atomic E-state index is 0.0263. The predicted molar refractivity (Wildman–Crippen MR) is 82.3 cm³/mol. The molecule has 1 heterocycles. The van der Waals surface area contributed by atoms with Crippen LogP contribution in [0.5, 0.6) is 5.75 Å². The summed E-state index contributed by atoms with van der Waals surface area (Å²) in [4.78, 5) is 14.6. The second kappa shape index (κ2) is 6.43. The zero-order chi connectivity index (χ0) is 16.6. The number of halogens is 2. The summed E-state index contributed by atoms with van der Waals surface area (Å²) in [6.45, 7) is 0.481. The van der Waals surface area contributed by atoms with Crippen LogP contribution in [0.25, 0.3) is 0 Å². The van der Waals surface area contributed by atoms with Crippen LogP contribution in [0.15, 0.2) is 24.3 Å². The van der Waals surface area contributed by atoms with E-state index in [0.29, 0.717) is 31.0 Å². The van der Waals surface area contributed by atoms with Gasteiger partial charge in [-0.2, -0.15) is 8.78 Å². The van der Waals surface area contributed by atoms with E-state index in [1.54, 1.807) is 18.2 Å². The first-order valence-electron chi connectivity index (χ1n) is 8.05. The first-order chi connectivity index (χ1) is 11.0. The van der Waals surface area contributed by atoms with Crippen molar-refractivity contribution in [1.82, 2.24) is 4.90 Å². The number of para-hydroxylation sites is 1. The second-order valence-corrected chi connectivity index (χ2v) is 6.54. The molecule has 1 amide bonds. The number of likely N-dealkylation sites (tertiary alicyclic amines) is 1. The van der Waals surface area contributed by atoms with E-state index in [1.165, 1.54) is 6.07 Å². The van der Waals surface area contributed by atoms with Gasteiger partial charge in [-0.15, -0.1) is 0 Å². The standard InChI is InChI=1S/C17H22F2N2O2/c1-10-6-11(8-20)9-21(10)16(22)14-7-13(14)12-4-2-3-5-15(12)23-17(18)19/h2-5,10-11,13-14,17H,6-9,20H2,1H3. The minimum Gasteiger partial charge on any atom is -0.435 e. The van der Waals surface area contributed by atoms with Crippen molar-refractivity contribution in [3.05, 3.63) is 29.8 Å². The first kappa shape index (κ1) is 16.2. The Kier molecular flexibility index (Phi) is 4.53. The molecule has 1 aromatic carbocycles. The van der Waals surface area contributed by atoms with Gasteiger partial charge in [-0.05, 0) is 49.8 Å². The molecule has 4 unspecified atom stereocenters. The molecular weight excluding hydrogens is 302 g/mol. The van der Waals surface area contributed by atoms with Crippen LogP contribution in [-0.4, -0.2) is 36.5 Å². The SMILES string of the molecule is CC1CC(CN)CN1C(=O)C1CC1c1ccccc1OC(F)F. The molecule has 4 nitrogen and oxygen atoms in total. The summed E-state index contributed by atoms with van der Waals surface area (Å²) in [6, 6.07) is 6.95. The van der Waals surface area contributed by atoms with E-state index in [9.17, 15) is 13.6 Å². The highest BCUT2D eigenvalue weighted by molar-refractivity contribution is 5.83. The third-order valence-corrected chi connectivity index (χ3v) is 4.92. The number of carbonyl (C=O) groups is 1. The Morgan fingerprint density at radius 2 is 2.13 bits per heavy atom. The average Bonchev–Trinajstić information content (AvgIpc) is 3.22. The molecule has 0 spiro atoms. The summed E-state index contributed by atoms with van der Waals surface area (Å²) >= 11 is 0. The maximum Gasteiger partial charge on any atom is 0.387 e. The van der Waals surface area contributed by atoms with E-state index >= 15 is 0 Å². The van der Waals surface area contributed by atoms with Crippen molar-refractivity contribution in [2.24, 2.45) is 17.6 Å². The number of hydrogen-bond donors (Lipinski definition) is 1. The molecule has 6 heteroatoms. The Morgan fingerprint density at radius 1 is 1.39 bits per heavy atom. The zero-order valence-corrected chi connectivity index (χ0v) is 13.1. The van der Waals surface area contributed by atoms with E-state index in [0.717, 1.165) is 6.42 Å². The van der Waals surface area contributed by atoms with Crippen molar-refractivity contribution in [2.45, 2.75) is 38.3 Å². The van der Waals surface area contributed by atoms with Gasteiger partial charge < -0.3 is 15.4 Å². The molecule has 2 aliphatic rings. The molecule has 2 fully saturated rings. The molecule has 1 aliphatic heterocycles. The summed E-state index contributed by atoms with van der Waals surface area (Å²) in [5.74, 6) is 0.501. The van der Waals surface area contributed by atoms with Gasteiger partial charge in [0.05, 0.1) is 0 Å². The third kappa shape index (κ3) is 3.32. The number of rotatable bonds is 5. The fourth-order valence-corrected chi connectivity index (χ4v) is 3.64. The quantitative estimate of drug-likeness (QED) is 0.906. The summed E-state index contributed by atoms with van der Waals surface area (Å²) in [7, 11) is 0. The molecule has 126 valence electrons. The summed E-state index contributed by atoms with van der Waals surface area (Å²) in [5.41, 5.74) is 6.41. The lowest BCUT2D eigenvalue weighted by atomic mass is 10.1. The highest BCUT2D eigenvalue weighted by Crippen LogP contribution is 2.52. The molecule has 0 radical (unpaired) electrons. The second-order valence-electron chi connectivity index (χ2n) is 6.54. The monoisotopic (exact) mass is 324 g/mol. The molecule has 1 aromatic rings. The number of benzene rings is 1. The van der Waals surface area contributed by atoms with Crippen LogP contribution in [0.4, 0.5) is 8.78 Å². The number of nitrogens with zero attached hydrogens (tertiary/aromatic N) is 1. The number of carbonyl (C=O) groups excluding carboxylic acids is 1. The smallest absolute Gasteiger partial charge is 0.387 e. The van der Waals surface area contributed by atoms with Crippen LogP contribution in [0.3, 0.4) is 0 Å². The number of ether oxygens (including phenoxy) is 1. The van der Waals surface area contributed by atoms with Crippen molar-refractivity contribution >= 4 is 5.91 Å². The maximum absolute atomic E-state index is 12.7. The van der Waals surface area contributed by atoms with E-state index in [2.05, 4.69) is 4.74 Å².